The third-order valence-electron chi connectivity index (χ3n) is 5.74. The van der Waals surface area contributed by atoms with E-state index in [2.05, 4.69) is 25.6 Å². The van der Waals surface area contributed by atoms with Crippen molar-refractivity contribution in [1.29, 1.82) is 0 Å². The van der Waals surface area contributed by atoms with E-state index in [4.69, 9.17) is 0 Å². The Kier molecular flexibility index (Phi) is 5.35. The minimum atomic E-state index is -4.62. The molecule has 8 nitrogen and oxygen atoms in total. The number of alkyl halides is 3. The van der Waals surface area contributed by atoms with Crippen molar-refractivity contribution in [3.8, 4) is 5.69 Å². The molecule has 11 heteroatoms. The lowest BCUT2D eigenvalue weighted by Crippen LogP contribution is -2.24. The van der Waals surface area contributed by atoms with Gasteiger partial charge in [0, 0.05) is 30.7 Å². The number of nitrogens with zero attached hydrogens (tertiary/aromatic N) is 5. The van der Waals surface area contributed by atoms with E-state index in [-0.39, 0.29) is 34.3 Å². The lowest BCUT2D eigenvalue weighted by atomic mass is 10.0. The highest BCUT2D eigenvalue weighted by Gasteiger charge is 2.33. The van der Waals surface area contributed by atoms with Crippen LogP contribution in [0.1, 0.15) is 36.7 Å². The summed E-state index contributed by atoms with van der Waals surface area (Å²) in [5.74, 6) is 0.237. The van der Waals surface area contributed by atoms with Gasteiger partial charge in [-0.3, -0.25) is 9.78 Å². The smallest absolute Gasteiger partial charge is 0.324 e. The molecule has 0 aliphatic carbocycles. The van der Waals surface area contributed by atoms with Gasteiger partial charge in [0.25, 0.3) is 5.56 Å². The average molecular weight is 469 g/mol. The van der Waals surface area contributed by atoms with E-state index >= 15 is 0 Å². The first-order valence-electron chi connectivity index (χ1n) is 10.9. The summed E-state index contributed by atoms with van der Waals surface area (Å²) in [7, 11) is 0. The van der Waals surface area contributed by atoms with Crippen molar-refractivity contribution in [3.05, 3.63) is 69.9 Å². The zero-order valence-corrected chi connectivity index (χ0v) is 18.5. The van der Waals surface area contributed by atoms with Crippen LogP contribution in [0.4, 0.5) is 24.8 Å². The van der Waals surface area contributed by atoms with Crippen molar-refractivity contribution in [3.63, 3.8) is 0 Å². The van der Waals surface area contributed by atoms with E-state index in [9.17, 15) is 18.0 Å². The van der Waals surface area contributed by atoms with Crippen LogP contribution in [-0.4, -0.2) is 30.9 Å². The Morgan fingerprint density at radius 3 is 2.71 bits per heavy atom. The van der Waals surface area contributed by atoms with Crippen molar-refractivity contribution >= 4 is 22.7 Å². The molecule has 34 heavy (non-hydrogen) atoms. The maximum atomic E-state index is 13.3. The molecule has 0 saturated heterocycles. The molecule has 0 unspecified atom stereocenters. The Hall–Kier alpha value is -3.73. The largest absolute Gasteiger partial charge is 0.433 e. The molecule has 1 aromatic carbocycles. The quantitative estimate of drug-likeness (QED) is 0.470. The van der Waals surface area contributed by atoms with Gasteiger partial charge in [-0.15, -0.1) is 0 Å². The van der Waals surface area contributed by atoms with E-state index in [1.807, 2.05) is 18.2 Å². The normalized spacial score (nSPS) is 13.9. The van der Waals surface area contributed by atoms with Crippen molar-refractivity contribution in [2.75, 3.05) is 11.9 Å². The number of anilines is 2. The summed E-state index contributed by atoms with van der Waals surface area (Å²) in [5, 5.41) is 6.70. The molecule has 0 spiro atoms. The van der Waals surface area contributed by atoms with Gasteiger partial charge in [0.05, 0.1) is 5.69 Å². The van der Waals surface area contributed by atoms with Gasteiger partial charge in [0.2, 0.25) is 5.95 Å². The zero-order valence-electron chi connectivity index (χ0n) is 18.5. The number of fused-ring (bicyclic) bond motifs is 2. The lowest BCUT2D eigenvalue weighted by molar-refractivity contribution is -0.141. The number of halogens is 3. The third kappa shape index (κ3) is 3.92. The lowest BCUT2D eigenvalue weighted by Gasteiger charge is -2.18. The van der Waals surface area contributed by atoms with Crippen molar-refractivity contribution in [2.45, 2.75) is 39.0 Å². The van der Waals surface area contributed by atoms with E-state index in [1.54, 1.807) is 13.8 Å². The average Bonchev–Trinajstić information content (AvgIpc) is 3.10. The first kappa shape index (κ1) is 22.1. The predicted octanol–water partition coefficient (Wildman–Crippen LogP) is 3.97. The number of hydrogen-bond donors (Lipinski definition) is 2. The van der Waals surface area contributed by atoms with Crippen molar-refractivity contribution < 1.29 is 13.2 Å². The molecule has 0 atom stereocenters. The molecular weight excluding hydrogens is 447 g/mol. The molecule has 0 fully saturated rings. The van der Waals surface area contributed by atoms with Crippen LogP contribution in [0, 0.1) is 0 Å². The standard InChI is InChI=1S/C23H22F3N7O/c1-13(2)32-21(34)18-12-29-22(30-16-4-3-15-11-27-7-5-14(15)9-16)31-20(18)33(32)17-6-8-28-19(10-17)23(24,25)26/h3-4,6,8-10,12-13,27H,5,7,11H2,1-2H3,(H,29,30,31). The van der Waals surface area contributed by atoms with E-state index in [1.165, 1.54) is 32.8 Å². The Bertz CT molecular complexity index is 1440. The van der Waals surface area contributed by atoms with Gasteiger partial charge in [-0.25, -0.2) is 14.3 Å². The first-order valence-corrected chi connectivity index (χ1v) is 10.9. The zero-order chi connectivity index (χ0) is 24.0. The van der Waals surface area contributed by atoms with Gasteiger partial charge in [-0.05, 0) is 62.2 Å². The molecule has 3 aromatic heterocycles. The van der Waals surface area contributed by atoms with E-state index in [0.717, 1.165) is 37.5 Å². The van der Waals surface area contributed by atoms with E-state index < -0.39 is 11.9 Å². The highest BCUT2D eigenvalue weighted by atomic mass is 19.4. The van der Waals surface area contributed by atoms with Gasteiger partial charge in [-0.1, -0.05) is 6.07 Å². The molecule has 5 rings (SSSR count). The van der Waals surface area contributed by atoms with Crippen LogP contribution in [0.25, 0.3) is 16.7 Å². The molecule has 0 saturated carbocycles. The second-order valence-electron chi connectivity index (χ2n) is 8.42. The molecule has 1 aliphatic heterocycles. The SMILES string of the molecule is CC(C)n1c(=O)c2cnc(Nc3ccc4c(c3)CCNC4)nc2n1-c1ccnc(C(F)(F)F)c1. The van der Waals surface area contributed by atoms with Crippen LogP contribution in [0.3, 0.4) is 0 Å². The summed E-state index contributed by atoms with van der Waals surface area (Å²) in [6.07, 6.45) is -1.24. The molecule has 176 valence electrons. The highest BCUT2D eigenvalue weighted by Crippen LogP contribution is 2.29. The first-order chi connectivity index (χ1) is 16.2. The molecule has 0 amide bonds. The fourth-order valence-corrected chi connectivity index (χ4v) is 4.16. The summed E-state index contributed by atoms with van der Waals surface area (Å²) < 4.78 is 42.7. The molecule has 1 aliphatic rings. The second kappa shape index (κ2) is 8.24. The summed E-state index contributed by atoms with van der Waals surface area (Å²) in [5.41, 5.74) is 2.15. The fourth-order valence-electron chi connectivity index (χ4n) is 4.16. The highest BCUT2D eigenvalue weighted by molar-refractivity contribution is 5.77. The van der Waals surface area contributed by atoms with Gasteiger partial charge in [0.15, 0.2) is 5.65 Å². The number of nitrogens with one attached hydrogen (secondary N) is 2. The molecule has 4 heterocycles. The van der Waals surface area contributed by atoms with Gasteiger partial charge in [0.1, 0.15) is 11.1 Å². The minimum absolute atomic E-state index is 0.133. The number of hydrogen-bond acceptors (Lipinski definition) is 6. The van der Waals surface area contributed by atoms with Crippen LogP contribution < -0.4 is 16.2 Å². The monoisotopic (exact) mass is 469 g/mol. The fraction of sp³-hybridized carbons (Fsp3) is 0.304. The van der Waals surface area contributed by atoms with Crippen LogP contribution in [0.15, 0.2) is 47.5 Å². The Labute approximate surface area is 192 Å². The molecule has 0 radical (unpaired) electrons. The van der Waals surface area contributed by atoms with Gasteiger partial charge < -0.3 is 10.6 Å². The van der Waals surface area contributed by atoms with Gasteiger partial charge in [-0.2, -0.15) is 18.2 Å². The second-order valence-corrected chi connectivity index (χ2v) is 8.42. The van der Waals surface area contributed by atoms with Gasteiger partial charge >= 0.3 is 6.18 Å². The Balaban J connectivity index is 1.63. The summed E-state index contributed by atoms with van der Waals surface area (Å²) in [4.78, 5) is 25.3. The van der Waals surface area contributed by atoms with Crippen LogP contribution >= 0.6 is 0 Å². The molecular formula is C23H22F3N7O. The topological polar surface area (TPSA) is 89.7 Å². The third-order valence-corrected chi connectivity index (χ3v) is 5.74. The maximum Gasteiger partial charge on any atom is 0.433 e. The minimum Gasteiger partial charge on any atom is -0.324 e. The number of aromatic nitrogens is 5. The van der Waals surface area contributed by atoms with Crippen LogP contribution in [-0.2, 0) is 19.1 Å². The molecule has 2 N–H and O–H groups in total. The molecule has 4 aromatic rings. The summed E-state index contributed by atoms with van der Waals surface area (Å²) in [6, 6.07) is 7.97. The summed E-state index contributed by atoms with van der Waals surface area (Å²) in [6.45, 7) is 5.27. The van der Waals surface area contributed by atoms with E-state index in [0.29, 0.717) is 0 Å². The van der Waals surface area contributed by atoms with Crippen molar-refractivity contribution in [2.24, 2.45) is 0 Å². The summed E-state index contributed by atoms with van der Waals surface area (Å²) >= 11 is 0. The van der Waals surface area contributed by atoms with Crippen molar-refractivity contribution in [1.82, 2.24) is 29.6 Å². The number of benzene rings is 1. The number of pyridine rings is 1. The Morgan fingerprint density at radius 1 is 1.12 bits per heavy atom. The van der Waals surface area contributed by atoms with Crippen LogP contribution in [0.5, 0.6) is 0 Å². The Morgan fingerprint density at radius 2 is 1.94 bits per heavy atom. The molecule has 0 bridgehead atoms. The van der Waals surface area contributed by atoms with Crippen LogP contribution in [0.2, 0.25) is 0 Å². The number of rotatable bonds is 4. The predicted molar refractivity (Wildman–Crippen MR) is 121 cm³/mol. The maximum absolute atomic E-state index is 13.3.